The van der Waals surface area contributed by atoms with Gasteiger partial charge in [0, 0.05) is 24.7 Å². The zero-order valence-electron chi connectivity index (χ0n) is 17.0. The van der Waals surface area contributed by atoms with Gasteiger partial charge in [-0.1, -0.05) is 49.6 Å². The van der Waals surface area contributed by atoms with Crippen LogP contribution in [-0.4, -0.2) is 60.5 Å². The fourth-order valence-corrected chi connectivity index (χ4v) is 3.31. The van der Waals surface area contributed by atoms with Crippen LogP contribution in [0.3, 0.4) is 0 Å². The Morgan fingerprint density at radius 3 is 2.34 bits per heavy atom. The summed E-state index contributed by atoms with van der Waals surface area (Å²) >= 11 is 0. The first-order valence-corrected chi connectivity index (χ1v) is 10.5. The van der Waals surface area contributed by atoms with Crippen molar-refractivity contribution >= 4 is 11.9 Å². The Kier molecular flexibility index (Phi) is 9.09. The van der Waals surface area contributed by atoms with Gasteiger partial charge in [-0.05, 0) is 12.8 Å². The molecule has 158 valence electrons. The monoisotopic (exact) mass is 400 g/mol. The summed E-state index contributed by atoms with van der Waals surface area (Å²) in [5, 5.41) is 6.75. The number of rotatable bonds is 12. The molecular weight excluding hydrogens is 368 g/mol. The van der Waals surface area contributed by atoms with E-state index in [-0.39, 0.29) is 0 Å². The van der Waals surface area contributed by atoms with Gasteiger partial charge >= 0.3 is 0 Å². The molecule has 0 unspecified atom stereocenters. The molecule has 0 radical (unpaired) electrons. The van der Waals surface area contributed by atoms with Gasteiger partial charge in [0.15, 0.2) is 5.82 Å². The van der Waals surface area contributed by atoms with Crippen LogP contribution in [0.2, 0.25) is 0 Å². The van der Waals surface area contributed by atoms with E-state index in [2.05, 4.69) is 25.6 Å². The smallest absolute Gasteiger partial charge is 0.228 e. The average Bonchev–Trinajstić information content (AvgIpc) is 2.77. The predicted molar refractivity (Wildman–Crippen MR) is 115 cm³/mol. The molecule has 1 saturated carbocycles. The minimum Gasteiger partial charge on any atom is -0.378 e. The maximum atomic E-state index is 5.55. The van der Waals surface area contributed by atoms with Crippen LogP contribution in [0.5, 0.6) is 0 Å². The molecule has 0 saturated heterocycles. The van der Waals surface area contributed by atoms with Crippen LogP contribution in [0, 0.1) is 0 Å². The maximum absolute atomic E-state index is 5.55. The van der Waals surface area contributed by atoms with Gasteiger partial charge in [-0.3, -0.25) is 0 Å². The zero-order chi connectivity index (χ0) is 20.2. The number of benzene rings is 1. The van der Waals surface area contributed by atoms with Gasteiger partial charge in [-0.2, -0.15) is 15.0 Å². The molecule has 0 atom stereocenters. The van der Waals surface area contributed by atoms with Crippen molar-refractivity contribution in [1.82, 2.24) is 15.0 Å². The Bertz CT molecular complexity index is 710. The summed E-state index contributed by atoms with van der Waals surface area (Å²) in [6.07, 6.45) is 6.15. The van der Waals surface area contributed by atoms with E-state index < -0.39 is 0 Å². The van der Waals surface area contributed by atoms with E-state index in [1.807, 2.05) is 30.3 Å². The van der Waals surface area contributed by atoms with E-state index >= 15 is 0 Å². The molecule has 0 spiro atoms. The minimum absolute atomic E-state index is 0.430. The second-order valence-corrected chi connectivity index (χ2v) is 7.09. The molecule has 4 N–H and O–H groups in total. The predicted octanol–water partition coefficient (Wildman–Crippen LogP) is 2.69. The second-order valence-electron chi connectivity index (χ2n) is 7.09. The largest absolute Gasteiger partial charge is 0.378 e. The third-order valence-corrected chi connectivity index (χ3v) is 4.77. The van der Waals surface area contributed by atoms with E-state index in [4.69, 9.17) is 15.2 Å². The lowest BCUT2D eigenvalue weighted by atomic mass is 9.96. The third-order valence-electron chi connectivity index (χ3n) is 4.77. The maximum Gasteiger partial charge on any atom is 0.228 e. The summed E-state index contributed by atoms with van der Waals surface area (Å²) in [5.41, 5.74) is 6.35. The number of ether oxygens (including phenoxy) is 2. The first-order valence-electron chi connectivity index (χ1n) is 10.5. The Labute approximate surface area is 172 Å². The number of nitrogens with one attached hydrogen (secondary N) is 2. The molecule has 1 aliphatic carbocycles. The Balaban J connectivity index is 1.58. The summed E-state index contributed by atoms with van der Waals surface area (Å²) in [4.78, 5) is 13.8. The number of anilines is 2. The van der Waals surface area contributed by atoms with Crippen molar-refractivity contribution in [3.05, 3.63) is 30.3 Å². The topological polar surface area (TPSA) is 107 Å². The molecule has 1 heterocycles. The summed E-state index contributed by atoms with van der Waals surface area (Å²) in [6, 6.07) is 10.4. The second kappa shape index (κ2) is 12.3. The van der Waals surface area contributed by atoms with E-state index in [1.54, 1.807) is 0 Å². The summed E-state index contributed by atoms with van der Waals surface area (Å²) in [7, 11) is 0. The summed E-state index contributed by atoms with van der Waals surface area (Å²) < 4.78 is 10.8. The molecule has 1 fully saturated rings. The van der Waals surface area contributed by atoms with Crippen molar-refractivity contribution in [2.24, 2.45) is 5.73 Å². The van der Waals surface area contributed by atoms with Crippen molar-refractivity contribution in [2.45, 2.75) is 38.1 Å². The molecular formula is C21H32N6O2. The zero-order valence-corrected chi connectivity index (χ0v) is 17.0. The number of aromatic nitrogens is 3. The van der Waals surface area contributed by atoms with Crippen LogP contribution in [0.15, 0.2) is 30.3 Å². The quantitative estimate of drug-likeness (QED) is 0.467. The van der Waals surface area contributed by atoms with Gasteiger partial charge in [0.05, 0.1) is 26.4 Å². The van der Waals surface area contributed by atoms with Gasteiger partial charge in [0.2, 0.25) is 11.9 Å². The number of hydrogen-bond donors (Lipinski definition) is 3. The molecule has 8 nitrogen and oxygen atoms in total. The Hall–Kier alpha value is -2.29. The van der Waals surface area contributed by atoms with Crippen molar-refractivity contribution in [3.63, 3.8) is 0 Å². The van der Waals surface area contributed by atoms with Gasteiger partial charge in [0.25, 0.3) is 0 Å². The summed E-state index contributed by atoms with van der Waals surface area (Å²) in [6.45, 7) is 3.34. The van der Waals surface area contributed by atoms with Crippen LogP contribution < -0.4 is 16.4 Å². The van der Waals surface area contributed by atoms with Crippen LogP contribution in [0.4, 0.5) is 11.9 Å². The lowest BCUT2D eigenvalue weighted by Gasteiger charge is -2.23. The highest BCUT2D eigenvalue weighted by molar-refractivity contribution is 5.57. The molecule has 2 aromatic rings. The molecule has 3 rings (SSSR count). The molecule has 8 heteroatoms. The van der Waals surface area contributed by atoms with Crippen LogP contribution in [0.25, 0.3) is 11.4 Å². The average molecular weight is 401 g/mol. The van der Waals surface area contributed by atoms with Crippen molar-refractivity contribution in [1.29, 1.82) is 0 Å². The van der Waals surface area contributed by atoms with Crippen molar-refractivity contribution in [3.8, 4) is 11.4 Å². The lowest BCUT2D eigenvalue weighted by Crippen LogP contribution is -2.24. The molecule has 0 bridgehead atoms. The van der Waals surface area contributed by atoms with Crippen LogP contribution in [0.1, 0.15) is 32.1 Å². The highest BCUT2D eigenvalue weighted by Gasteiger charge is 2.16. The number of nitrogens with zero attached hydrogens (tertiary/aromatic N) is 3. The highest BCUT2D eigenvalue weighted by Crippen LogP contribution is 2.22. The molecule has 1 aliphatic rings. The van der Waals surface area contributed by atoms with Gasteiger partial charge in [-0.25, -0.2) is 0 Å². The fourth-order valence-electron chi connectivity index (χ4n) is 3.31. The number of hydrogen-bond acceptors (Lipinski definition) is 8. The van der Waals surface area contributed by atoms with Crippen molar-refractivity contribution in [2.75, 3.05) is 50.2 Å². The third kappa shape index (κ3) is 7.56. The normalized spacial score (nSPS) is 14.7. The molecule has 29 heavy (non-hydrogen) atoms. The summed E-state index contributed by atoms with van der Waals surface area (Å²) in [5.74, 6) is 1.85. The minimum atomic E-state index is 0.430. The SMILES string of the molecule is NCCOCCOCCNc1nc(NC2CCCCC2)nc(-c2ccccc2)n1. The Morgan fingerprint density at radius 2 is 1.59 bits per heavy atom. The standard InChI is InChI=1S/C21H32N6O2/c22-11-13-28-15-16-29-14-12-23-20-25-19(17-7-3-1-4-8-17)26-21(27-20)24-18-9-5-2-6-10-18/h1,3-4,7-8,18H,2,5-6,9-16,22H2,(H2,23,24,25,26,27). The highest BCUT2D eigenvalue weighted by atomic mass is 16.5. The fraction of sp³-hybridized carbons (Fsp3) is 0.571. The first-order chi connectivity index (χ1) is 14.3. The Morgan fingerprint density at radius 1 is 0.862 bits per heavy atom. The molecule has 1 aromatic heterocycles. The van der Waals surface area contributed by atoms with E-state index in [0.717, 1.165) is 18.4 Å². The van der Waals surface area contributed by atoms with Gasteiger partial charge < -0.3 is 25.8 Å². The molecule has 0 aliphatic heterocycles. The van der Waals surface area contributed by atoms with E-state index in [9.17, 15) is 0 Å². The molecule has 0 amide bonds. The van der Waals surface area contributed by atoms with Crippen LogP contribution in [-0.2, 0) is 9.47 Å². The first kappa shape index (κ1) is 21.4. The van der Waals surface area contributed by atoms with Gasteiger partial charge in [-0.15, -0.1) is 0 Å². The van der Waals surface area contributed by atoms with E-state index in [0.29, 0.717) is 63.3 Å². The lowest BCUT2D eigenvalue weighted by molar-refractivity contribution is 0.0547. The van der Waals surface area contributed by atoms with Crippen molar-refractivity contribution < 1.29 is 9.47 Å². The number of nitrogens with two attached hydrogens (primary N) is 1. The van der Waals surface area contributed by atoms with E-state index in [1.165, 1.54) is 19.3 Å². The molecule has 1 aromatic carbocycles. The van der Waals surface area contributed by atoms with Gasteiger partial charge in [0.1, 0.15) is 0 Å². The van der Waals surface area contributed by atoms with Crippen LogP contribution >= 0.6 is 0 Å².